The Morgan fingerprint density at radius 1 is 1.33 bits per heavy atom. The molecule has 0 spiro atoms. The van der Waals surface area contributed by atoms with E-state index in [-0.39, 0.29) is 12.6 Å². The zero-order chi connectivity index (χ0) is 21.3. The first-order chi connectivity index (χ1) is 14.5. The monoisotopic (exact) mass is 446 g/mol. The van der Waals surface area contributed by atoms with E-state index in [1.54, 1.807) is 25.3 Å². The Labute approximate surface area is 183 Å². The van der Waals surface area contributed by atoms with Crippen LogP contribution in [0.3, 0.4) is 0 Å². The highest BCUT2D eigenvalue weighted by atomic mass is 35.5. The number of halogens is 1. The molecule has 0 saturated carbocycles. The number of anilines is 2. The summed E-state index contributed by atoms with van der Waals surface area (Å²) in [5.74, 6) is 0.444. The van der Waals surface area contributed by atoms with Gasteiger partial charge in [-0.1, -0.05) is 22.9 Å². The standard InChI is InChI=1S/C21H23ClN4O3S/c1-13-11-14(3-4-15(13)22)20(27)26(12-23)21-24-18-17(28-2)6-5-16(19(18)30-21)25-7-9-29-10-8-25/h3-6,11H,7-10,12,23H2,1-2H3. The number of aryl methyl sites for hydroxylation is 1. The number of hydrogen-bond donors (Lipinski definition) is 1. The largest absolute Gasteiger partial charge is 0.494 e. The first kappa shape index (κ1) is 20.9. The Kier molecular flexibility index (Phi) is 6.10. The minimum absolute atomic E-state index is 0.00946. The number of carbonyl (C=O) groups excluding carboxylic acids is 1. The molecule has 1 aliphatic rings. The molecular formula is C21H23ClN4O3S. The molecular weight excluding hydrogens is 424 g/mol. The van der Waals surface area contributed by atoms with Gasteiger partial charge in [0, 0.05) is 23.7 Å². The number of benzene rings is 2. The molecule has 0 aliphatic carbocycles. The third-order valence-electron chi connectivity index (χ3n) is 5.11. The van der Waals surface area contributed by atoms with Crippen molar-refractivity contribution in [3.05, 3.63) is 46.5 Å². The van der Waals surface area contributed by atoms with Crippen molar-refractivity contribution in [1.82, 2.24) is 4.98 Å². The van der Waals surface area contributed by atoms with Gasteiger partial charge in [0.15, 0.2) is 5.13 Å². The molecule has 2 heterocycles. The minimum atomic E-state index is -0.219. The average molecular weight is 447 g/mol. The Balaban J connectivity index is 1.76. The van der Waals surface area contributed by atoms with Crippen LogP contribution in [-0.2, 0) is 4.74 Å². The lowest BCUT2D eigenvalue weighted by Crippen LogP contribution is -2.36. The molecule has 1 aliphatic heterocycles. The third-order valence-corrected chi connectivity index (χ3v) is 6.63. The Hall–Kier alpha value is -2.39. The molecule has 7 nitrogen and oxygen atoms in total. The number of aromatic nitrogens is 1. The first-order valence-electron chi connectivity index (χ1n) is 9.61. The van der Waals surface area contributed by atoms with Crippen molar-refractivity contribution >= 4 is 49.9 Å². The molecule has 158 valence electrons. The summed E-state index contributed by atoms with van der Waals surface area (Å²) in [6.45, 7) is 4.85. The van der Waals surface area contributed by atoms with Crippen molar-refractivity contribution in [3.63, 3.8) is 0 Å². The van der Waals surface area contributed by atoms with Crippen LogP contribution in [0, 0.1) is 6.92 Å². The van der Waals surface area contributed by atoms with Gasteiger partial charge in [0.1, 0.15) is 11.3 Å². The zero-order valence-corrected chi connectivity index (χ0v) is 18.4. The molecule has 0 radical (unpaired) electrons. The van der Waals surface area contributed by atoms with Gasteiger partial charge in [0.05, 0.1) is 37.4 Å². The topological polar surface area (TPSA) is 80.9 Å². The second kappa shape index (κ2) is 8.77. The van der Waals surface area contributed by atoms with Gasteiger partial charge in [-0.25, -0.2) is 4.98 Å². The van der Waals surface area contributed by atoms with E-state index in [1.165, 1.54) is 16.2 Å². The normalized spacial score (nSPS) is 14.2. The molecule has 2 aromatic carbocycles. The number of hydrogen-bond acceptors (Lipinski definition) is 7. The fraction of sp³-hybridized carbons (Fsp3) is 0.333. The summed E-state index contributed by atoms with van der Waals surface area (Å²) in [5.41, 5.74) is 9.10. The molecule has 4 rings (SSSR count). The van der Waals surface area contributed by atoms with Gasteiger partial charge < -0.3 is 20.1 Å². The Bertz CT molecular complexity index is 1080. The van der Waals surface area contributed by atoms with Crippen LogP contribution < -0.4 is 20.3 Å². The van der Waals surface area contributed by atoms with Crippen LogP contribution in [-0.4, -0.2) is 51.0 Å². The van der Waals surface area contributed by atoms with Crippen LogP contribution in [0.2, 0.25) is 5.02 Å². The summed E-state index contributed by atoms with van der Waals surface area (Å²) in [6, 6.07) is 9.13. The number of amides is 1. The number of morpholine rings is 1. The fourth-order valence-corrected chi connectivity index (χ4v) is 4.72. The van der Waals surface area contributed by atoms with Crippen molar-refractivity contribution in [3.8, 4) is 5.75 Å². The number of ether oxygens (including phenoxy) is 2. The number of rotatable bonds is 5. The van der Waals surface area contributed by atoms with E-state index in [2.05, 4.69) is 4.90 Å². The van der Waals surface area contributed by atoms with Gasteiger partial charge >= 0.3 is 0 Å². The van der Waals surface area contributed by atoms with Crippen LogP contribution in [0.1, 0.15) is 15.9 Å². The maximum atomic E-state index is 13.2. The molecule has 1 amide bonds. The maximum absolute atomic E-state index is 13.2. The molecule has 9 heteroatoms. The molecule has 30 heavy (non-hydrogen) atoms. The van der Waals surface area contributed by atoms with E-state index in [4.69, 9.17) is 31.8 Å². The lowest BCUT2D eigenvalue weighted by molar-refractivity contribution is 0.0987. The molecule has 2 N–H and O–H groups in total. The quantitative estimate of drug-likeness (QED) is 0.602. The second-order valence-electron chi connectivity index (χ2n) is 6.94. The van der Waals surface area contributed by atoms with Crippen molar-refractivity contribution in [1.29, 1.82) is 0 Å². The molecule has 3 aromatic rings. The van der Waals surface area contributed by atoms with Crippen LogP contribution in [0.15, 0.2) is 30.3 Å². The predicted octanol–water partition coefficient (Wildman–Crippen LogP) is 3.67. The minimum Gasteiger partial charge on any atom is -0.494 e. The van der Waals surface area contributed by atoms with Crippen LogP contribution in [0.5, 0.6) is 5.75 Å². The molecule has 1 fully saturated rings. The Morgan fingerprint density at radius 3 is 2.77 bits per heavy atom. The number of nitrogens with two attached hydrogens (primary N) is 1. The summed E-state index contributed by atoms with van der Waals surface area (Å²) in [6.07, 6.45) is 0. The van der Waals surface area contributed by atoms with Gasteiger partial charge in [0.2, 0.25) is 0 Å². The van der Waals surface area contributed by atoms with Crippen LogP contribution >= 0.6 is 22.9 Å². The average Bonchev–Trinajstić information content (AvgIpc) is 3.21. The van der Waals surface area contributed by atoms with Crippen LogP contribution in [0.25, 0.3) is 10.2 Å². The van der Waals surface area contributed by atoms with Crippen molar-refractivity contribution in [2.75, 3.05) is 49.9 Å². The first-order valence-corrected chi connectivity index (χ1v) is 10.8. The highest BCUT2D eigenvalue weighted by Crippen LogP contribution is 2.41. The van der Waals surface area contributed by atoms with Gasteiger partial charge in [-0.15, -0.1) is 0 Å². The van der Waals surface area contributed by atoms with Gasteiger partial charge in [-0.05, 0) is 42.8 Å². The van der Waals surface area contributed by atoms with E-state index in [9.17, 15) is 4.79 Å². The summed E-state index contributed by atoms with van der Waals surface area (Å²) in [7, 11) is 1.62. The SMILES string of the molecule is COc1ccc(N2CCOCC2)c2sc(N(CN)C(=O)c3ccc(Cl)c(C)c3)nc12. The predicted molar refractivity (Wildman–Crippen MR) is 121 cm³/mol. The molecule has 1 aromatic heterocycles. The molecule has 1 saturated heterocycles. The van der Waals surface area contributed by atoms with Crippen molar-refractivity contribution < 1.29 is 14.3 Å². The summed E-state index contributed by atoms with van der Waals surface area (Å²) >= 11 is 7.54. The van der Waals surface area contributed by atoms with Gasteiger partial charge in [0.25, 0.3) is 5.91 Å². The number of thiazole rings is 1. The van der Waals surface area contributed by atoms with Crippen molar-refractivity contribution in [2.24, 2.45) is 5.73 Å². The lowest BCUT2D eigenvalue weighted by Gasteiger charge is -2.29. The third kappa shape index (κ3) is 3.83. The highest BCUT2D eigenvalue weighted by molar-refractivity contribution is 7.23. The zero-order valence-electron chi connectivity index (χ0n) is 16.9. The highest BCUT2D eigenvalue weighted by Gasteiger charge is 2.24. The summed E-state index contributed by atoms with van der Waals surface area (Å²) < 4.78 is 12.0. The number of carbonyl (C=O) groups is 1. The lowest BCUT2D eigenvalue weighted by atomic mass is 10.1. The van der Waals surface area contributed by atoms with Gasteiger partial charge in [-0.3, -0.25) is 9.69 Å². The van der Waals surface area contributed by atoms with E-state index >= 15 is 0 Å². The second-order valence-corrected chi connectivity index (χ2v) is 8.32. The maximum Gasteiger partial charge on any atom is 0.261 e. The smallest absolute Gasteiger partial charge is 0.261 e. The molecule has 0 bridgehead atoms. The summed E-state index contributed by atoms with van der Waals surface area (Å²) in [4.78, 5) is 21.7. The van der Waals surface area contributed by atoms with E-state index < -0.39 is 0 Å². The van der Waals surface area contributed by atoms with Crippen LogP contribution in [0.4, 0.5) is 10.8 Å². The Morgan fingerprint density at radius 2 is 2.10 bits per heavy atom. The number of methoxy groups -OCH3 is 1. The van der Waals surface area contributed by atoms with Gasteiger partial charge in [-0.2, -0.15) is 0 Å². The number of nitrogens with zero attached hydrogens (tertiary/aromatic N) is 3. The summed E-state index contributed by atoms with van der Waals surface area (Å²) in [5, 5.41) is 1.15. The number of fused-ring (bicyclic) bond motifs is 1. The van der Waals surface area contributed by atoms with E-state index in [1.807, 2.05) is 19.1 Å². The fourth-order valence-electron chi connectivity index (χ4n) is 3.47. The van der Waals surface area contributed by atoms with Crippen molar-refractivity contribution in [2.45, 2.75) is 6.92 Å². The molecule has 0 unspecified atom stereocenters. The van der Waals surface area contributed by atoms with E-state index in [0.29, 0.717) is 34.7 Å². The molecule has 0 atom stereocenters. The van der Waals surface area contributed by atoms with E-state index in [0.717, 1.165) is 34.6 Å².